The van der Waals surface area contributed by atoms with Crippen LogP contribution in [0.5, 0.6) is 5.75 Å². The lowest BCUT2D eigenvalue weighted by Gasteiger charge is -2.10. The van der Waals surface area contributed by atoms with Gasteiger partial charge in [0.25, 0.3) is 0 Å². The van der Waals surface area contributed by atoms with Gasteiger partial charge in [-0.05, 0) is 31.9 Å². The summed E-state index contributed by atoms with van der Waals surface area (Å²) in [6.45, 7) is 5.60. The van der Waals surface area contributed by atoms with Crippen LogP contribution in [0.3, 0.4) is 0 Å². The molecule has 0 atom stereocenters. The first-order valence-electron chi connectivity index (χ1n) is 7.00. The van der Waals surface area contributed by atoms with Crippen molar-refractivity contribution >= 4 is 11.4 Å². The Bertz CT molecular complexity index is 567. The zero-order valence-electron chi connectivity index (χ0n) is 12.1. The molecule has 0 saturated heterocycles. The fourth-order valence-electron chi connectivity index (χ4n) is 2.19. The summed E-state index contributed by atoms with van der Waals surface area (Å²) in [6.07, 6.45) is 0.987. The van der Waals surface area contributed by atoms with Gasteiger partial charge in [0.1, 0.15) is 5.75 Å². The highest BCUT2D eigenvalue weighted by molar-refractivity contribution is 5.59. The zero-order valence-corrected chi connectivity index (χ0v) is 12.1. The highest BCUT2D eigenvalue weighted by Crippen LogP contribution is 2.22. The van der Waals surface area contributed by atoms with Crippen molar-refractivity contribution in [2.24, 2.45) is 0 Å². The van der Waals surface area contributed by atoms with Crippen LogP contribution < -0.4 is 15.8 Å². The van der Waals surface area contributed by atoms with Crippen LogP contribution in [0.4, 0.5) is 11.4 Å². The third-order valence-corrected chi connectivity index (χ3v) is 3.07. The quantitative estimate of drug-likeness (QED) is 0.788. The topological polar surface area (TPSA) is 47.3 Å². The number of ether oxygens (including phenoxy) is 1. The summed E-state index contributed by atoms with van der Waals surface area (Å²) in [7, 11) is 0. The van der Waals surface area contributed by atoms with E-state index in [-0.39, 0.29) is 0 Å². The van der Waals surface area contributed by atoms with Gasteiger partial charge in [-0.2, -0.15) is 0 Å². The number of benzene rings is 2. The summed E-state index contributed by atoms with van der Waals surface area (Å²) in [6, 6.07) is 14.3. The van der Waals surface area contributed by atoms with Crippen molar-refractivity contribution in [1.82, 2.24) is 0 Å². The molecule has 20 heavy (non-hydrogen) atoms. The molecule has 106 valence electrons. The Balaban J connectivity index is 1.93. The molecule has 2 aromatic carbocycles. The molecule has 2 aromatic rings. The minimum atomic E-state index is 0.645. The molecule has 2 rings (SSSR count). The van der Waals surface area contributed by atoms with Crippen LogP contribution >= 0.6 is 0 Å². The first-order chi connectivity index (χ1) is 9.67. The van der Waals surface area contributed by atoms with Crippen molar-refractivity contribution in [1.29, 1.82) is 0 Å². The average molecular weight is 270 g/mol. The summed E-state index contributed by atoms with van der Waals surface area (Å²) in [5.41, 5.74) is 10.2. The van der Waals surface area contributed by atoms with Gasteiger partial charge in [0.2, 0.25) is 0 Å². The molecule has 0 aliphatic rings. The second-order valence-corrected chi connectivity index (χ2v) is 4.89. The maximum absolute atomic E-state index is 5.87. The molecule has 0 bridgehead atoms. The molecular weight excluding hydrogens is 248 g/mol. The van der Waals surface area contributed by atoms with Gasteiger partial charge in [0.15, 0.2) is 0 Å². The second kappa shape index (κ2) is 6.85. The van der Waals surface area contributed by atoms with Crippen molar-refractivity contribution in [2.75, 3.05) is 24.2 Å². The Morgan fingerprint density at radius 1 is 1.15 bits per heavy atom. The Morgan fingerprint density at radius 2 is 2.00 bits per heavy atom. The molecule has 3 nitrogen and oxygen atoms in total. The second-order valence-electron chi connectivity index (χ2n) is 4.89. The van der Waals surface area contributed by atoms with E-state index in [0.29, 0.717) is 12.3 Å². The summed E-state index contributed by atoms with van der Waals surface area (Å²) in [5.74, 6) is 0.811. The molecule has 0 unspecified atom stereocenters. The Labute approximate surface area is 120 Å². The number of nitrogens with two attached hydrogens (primary N) is 1. The smallest absolute Gasteiger partial charge is 0.123 e. The van der Waals surface area contributed by atoms with Gasteiger partial charge in [-0.3, -0.25) is 0 Å². The molecule has 0 heterocycles. The van der Waals surface area contributed by atoms with Crippen molar-refractivity contribution in [3.05, 3.63) is 53.6 Å². The highest BCUT2D eigenvalue weighted by atomic mass is 16.5. The van der Waals surface area contributed by atoms with Crippen LogP contribution in [0.1, 0.15) is 18.1 Å². The van der Waals surface area contributed by atoms with Gasteiger partial charge in [-0.15, -0.1) is 0 Å². The molecule has 0 aliphatic carbocycles. The van der Waals surface area contributed by atoms with Crippen molar-refractivity contribution in [3.63, 3.8) is 0 Å². The third kappa shape index (κ3) is 4.19. The van der Waals surface area contributed by atoms with Crippen LogP contribution in [0, 0.1) is 6.92 Å². The Kier molecular flexibility index (Phi) is 4.88. The summed E-state index contributed by atoms with van der Waals surface area (Å²) >= 11 is 0. The number of aryl methyl sites for hydroxylation is 1. The third-order valence-electron chi connectivity index (χ3n) is 3.07. The number of hydrogen-bond acceptors (Lipinski definition) is 3. The largest absolute Gasteiger partial charge is 0.494 e. The molecule has 0 spiro atoms. The lowest BCUT2D eigenvalue weighted by molar-refractivity contribution is 0.340. The highest BCUT2D eigenvalue weighted by Gasteiger charge is 2.00. The average Bonchev–Trinajstić information content (AvgIpc) is 2.38. The van der Waals surface area contributed by atoms with E-state index >= 15 is 0 Å². The minimum Gasteiger partial charge on any atom is -0.494 e. The van der Waals surface area contributed by atoms with Gasteiger partial charge in [-0.1, -0.05) is 29.8 Å². The van der Waals surface area contributed by atoms with Gasteiger partial charge in [-0.25, -0.2) is 0 Å². The fraction of sp³-hybridized carbons (Fsp3) is 0.294. The summed E-state index contributed by atoms with van der Waals surface area (Å²) in [5, 5.41) is 3.39. The van der Waals surface area contributed by atoms with E-state index in [1.807, 2.05) is 25.1 Å². The molecule has 0 saturated carbocycles. The molecule has 3 heteroatoms. The van der Waals surface area contributed by atoms with Crippen molar-refractivity contribution in [2.45, 2.75) is 20.3 Å². The SMILES string of the molecule is CCOc1cc(N)cc(NCCc2cccc(C)c2)c1. The molecule has 3 N–H and O–H groups in total. The maximum Gasteiger partial charge on any atom is 0.123 e. The number of hydrogen-bond donors (Lipinski definition) is 2. The summed E-state index contributed by atoms with van der Waals surface area (Å²) in [4.78, 5) is 0. The molecule has 0 fully saturated rings. The van der Waals surface area contributed by atoms with Gasteiger partial charge in [0.05, 0.1) is 6.61 Å². The van der Waals surface area contributed by atoms with E-state index < -0.39 is 0 Å². The van der Waals surface area contributed by atoms with E-state index in [0.717, 1.165) is 24.4 Å². The van der Waals surface area contributed by atoms with Crippen LogP contribution in [-0.2, 0) is 6.42 Å². The molecule has 0 aromatic heterocycles. The zero-order chi connectivity index (χ0) is 14.4. The van der Waals surface area contributed by atoms with Crippen molar-refractivity contribution < 1.29 is 4.74 Å². The predicted octanol–water partition coefficient (Wildman–Crippen LogP) is 3.63. The van der Waals surface area contributed by atoms with E-state index in [4.69, 9.17) is 10.5 Å². The van der Waals surface area contributed by atoms with Gasteiger partial charge in [0, 0.05) is 30.1 Å². The maximum atomic E-state index is 5.87. The molecule has 0 amide bonds. The van der Waals surface area contributed by atoms with Crippen LogP contribution in [-0.4, -0.2) is 13.2 Å². The van der Waals surface area contributed by atoms with Gasteiger partial charge >= 0.3 is 0 Å². The van der Waals surface area contributed by atoms with Gasteiger partial charge < -0.3 is 15.8 Å². The molecule has 0 aliphatic heterocycles. The number of nitrogen functional groups attached to an aromatic ring is 1. The van der Waals surface area contributed by atoms with Crippen LogP contribution in [0.2, 0.25) is 0 Å². The predicted molar refractivity (Wildman–Crippen MR) is 85.4 cm³/mol. The number of nitrogens with one attached hydrogen (secondary N) is 1. The lowest BCUT2D eigenvalue weighted by Crippen LogP contribution is -2.06. The standard InChI is InChI=1S/C17H22N2O/c1-3-20-17-11-15(18)10-16(12-17)19-8-7-14-6-4-5-13(2)9-14/h4-6,9-12,19H,3,7-8,18H2,1-2H3. The monoisotopic (exact) mass is 270 g/mol. The van der Waals surface area contributed by atoms with Crippen LogP contribution in [0.25, 0.3) is 0 Å². The Morgan fingerprint density at radius 3 is 2.75 bits per heavy atom. The Hall–Kier alpha value is -2.16. The number of rotatable bonds is 6. The number of anilines is 2. The minimum absolute atomic E-state index is 0.645. The molecule has 0 radical (unpaired) electrons. The lowest BCUT2D eigenvalue weighted by atomic mass is 10.1. The normalized spacial score (nSPS) is 10.3. The van der Waals surface area contributed by atoms with E-state index in [9.17, 15) is 0 Å². The van der Waals surface area contributed by atoms with E-state index in [1.54, 1.807) is 0 Å². The van der Waals surface area contributed by atoms with E-state index in [2.05, 4.69) is 36.5 Å². The van der Waals surface area contributed by atoms with Crippen LogP contribution in [0.15, 0.2) is 42.5 Å². The first-order valence-corrected chi connectivity index (χ1v) is 7.00. The van der Waals surface area contributed by atoms with Crippen molar-refractivity contribution in [3.8, 4) is 5.75 Å². The fourth-order valence-corrected chi connectivity index (χ4v) is 2.19. The first kappa shape index (κ1) is 14.3. The van der Waals surface area contributed by atoms with E-state index in [1.165, 1.54) is 11.1 Å². The summed E-state index contributed by atoms with van der Waals surface area (Å²) < 4.78 is 5.49. The molecular formula is C17H22N2O.